The summed E-state index contributed by atoms with van der Waals surface area (Å²) in [6.07, 6.45) is 0.775. The topological polar surface area (TPSA) is 92.6 Å². The molecule has 0 radical (unpaired) electrons. The van der Waals surface area contributed by atoms with Crippen molar-refractivity contribution in [2.45, 2.75) is 39.3 Å². The number of amides is 1. The lowest BCUT2D eigenvalue weighted by Crippen LogP contribution is -2.29. The third-order valence-electron chi connectivity index (χ3n) is 5.73. The standard InChI is InChI=1S/C24H21N3O4S/c1-12-4-6-15(7-5-12)20-19(22(29)23(30)27(20)24-26-25-14(3)32-24)21(28)16-8-9-18-17(11-16)10-13(2)31-18/h4-9,11,13,20,28H,10H2,1-3H3/b21-19-. The molecule has 0 spiro atoms. The van der Waals surface area contributed by atoms with Crippen molar-refractivity contribution in [3.63, 3.8) is 0 Å². The fourth-order valence-electron chi connectivity index (χ4n) is 4.20. The largest absolute Gasteiger partial charge is 0.507 e. The van der Waals surface area contributed by atoms with Crippen LogP contribution < -0.4 is 9.64 Å². The van der Waals surface area contributed by atoms with Gasteiger partial charge in [-0.15, -0.1) is 10.2 Å². The number of carbonyl (C=O) groups excluding carboxylic acids is 2. The number of fused-ring (bicyclic) bond motifs is 1. The summed E-state index contributed by atoms with van der Waals surface area (Å²) in [6, 6.07) is 12.1. The smallest absolute Gasteiger partial charge is 0.301 e. The quantitative estimate of drug-likeness (QED) is 0.369. The van der Waals surface area contributed by atoms with Gasteiger partial charge in [-0.3, -0.25) is 14.5 Å². The summed E-state index contributed by atoms with van der Waals surface area (Å²) in [7, 11) is 0. The molecule has 2 aliphatic rings. The number of aromatic nitrogens is 2. The Morgan fingerprint density at radius 1 is 1.12 bits per heavy atom. The molecule has 7 nitrogen and oxygen atoms in total. The van der Waals surface area contributed by atoms with Crippen LogP contribution in [0.4, 0.5) is 5.13 Å². The number of rotatable bonds is 3. The highest BCUT2D eigenvalue weighted by molar-refractivity contribution is 7.15. The molecule has 2 unspecified atom stereocenters. The molecular formula is C24H21N3O4S. The second-order valence-corrected chi connectivity index (χ2v) is 9.30. The van der Waals surface area contributed by atoms with Crippen molar-refractivity contribution < 1.29 is 19.4 Å². The average molecular weight is 448 g/mol. The fourth-order valence-corrected chi connectivity index (χ4v) is 4.92. The zero-order chi connectivity index (χ0) is 22.6. The molecule has 1 N–H and O–H groups in total. The molecule has 0 bridgehead atoms. The van der Waals surface area contributed by atoms with E-state index in [0.29, 0.717) is 21.3 Å². The Bertz CT molecular complexity index is 1280. The number of aryl methyl sites for hydroxylation is 2. The highest BCUT2D eigenvalue weighted by Gasteiger charge is 2.48. The van der Waals surface area contributed by atoms with Crippen LogP contribution in [0.3, 0.4) is 0 Å². The van der Waals surface area contributed by atoms with Crippen molar-refractivity contribution in [2.24, 2.45) is 0 Å². The van der Waals surface area contributed by atoms with Crippen LogP contribution in [-0.4, -0.2) is 33.1 Å². The van der Waals surface area contributed by atoms with Gasteiger partial charge in [0.25, 0.3) is 5.78 Å². The molecule has 2 aromatic carbocycles. The van der Waals surface area contributed by atoms with Crippen molar-refractivity contribution in [1.29, 1.82) is 0 Å². The van der Waals surface area contributed by atoms with E-state index in [1.807, 2.05) is 44.2 Å². The van der Waals surface area contributed by atoms with Gasteiger partial charge in [0.05, 0.1) is 11.6 Å². The first kappa shape index (κ1) is 20.4. The fraction of sp³-hybridized carbons (Fsp3) is 0.250. The molecule has 1 amide bonds. The van der Waals surface area contributed by atoms with Crippen LogP contribution >= 0.6 is 11.3 Å². The summed E-state index contributed by atoms with van der Waals surface area (Å²) in [4.78, 5) is 27.6. The number of nitrogens with zero attached hydrogens (tertiary/aromatic N) is 3. The summed E-state index contributed by atoms with van der Waals surface area (Å²) in [5.41, 5.74) is 3.23. The van der Waals surface area contributed by atoms with Crippen LogP contribution in [-0.2, 0) is 16.0 Å². The lowest BCUT2D eigenvalue weighted by Gasteiger charge is -2.22. The van der Waals surface area contributed by atoms with Crippen molar-refractivity contribution in [1.82, 2.24) is 10.2 Å². The minimum atomic E-state index is -0.800. The predicted molar refractivity (Wildman–Crippen MR) is 121 cm³/mol. The number of hydrogen-bond acceptors (Lipinski definition) is 7. The third-order valence-corrected chi connectivity index (χ3v) is 6.57. The second kappa shape index (κ2) is 7.56. The number of ketones is 1. The van der Waals surface area contributed by atoms with Crippen molar-refractivity contribution in [3.8, 4) is 5.75 Å². The molecule has 2 aliphatic heterocycles. The van der Waals surface area contributed by atoms with Crippen LogP contribution in [0.25, 0.3) is 5.76 Å². The lowest BCUT2D eigenvalue weighted by atomic mass is 9.94. The summed E-state index contributed by atoms with van der Waals surface area (Å²) in [6.45, 7) is 5.72. The molecule has 5 rings (SSSR count). The van der Waals surface area contributed by atoms with Crippen LogP contribution in [0.1, 0.15) is 40.2 Å². The van der Waals surface area contributed by atoms with Crippen molar-refractivity contribution in [2.75, 3.05) is 4.90 Å². The van der Waals surface area contributed by atoms with Crippen LogP contribution in [0.2, 0.25) is 0 Å². The van der Waals surface area contributed by atoms with E-state index in [1.165, 1.54) is 16.2 Å². The predicted octanol–water partition coefficient (Wildman–Crippen LogP) is 4.10. The van der Waals surface area contributed by atoms with E-state index in [0.717, 1.165) is 23.3 Å². The Morgan fingerprint density at radius 3 is 2.56 bits per heavy atom. The van der Waals surface area contributed by atoms with Gasteiger partial charge in [-0.05, 0) is 50.1 Å². The van der Waals surface area contributed by atoms with Gasteiger partial charge in [-0.25, -0.2) is 0 Å². The Kier molecular flexibility index (Phi) is 4.82. The van der Waals surface area contributed by atoms with Gasteiger partial charge in [0.2, 0.25) is 5.13 Å². The number of benzene rings is 2. The molecule has 0 saturated carbocycles. The van der Waals surface area contributed by atoms with Crippen LogP contribution in [0, 0.1) is 13.8 Å². The van der Waals surface area contributed by atoms with E-state index in [-0.39, 0.29) is 17.4 Å². The van der Waals surface area contributed by atoms with E-state index in [2.05, 4.69) is 10.2 Å². The monoisotopic (exact) mass is 447 g/mol. The lowest BCUT2D eigenvalue weighted by molar-refractivity contribution is -0.132. The SMILES string of the molecule is Cc1ccc(C2/C(=C(/O)c3ccc4c(c3)CC(C)O4)C(=O)C(=O)N2c2nnc(C)s2)cc1. The Balaban J connectivity index is 1.68. The van der Waals surface area contributed by atoms with Gasteiger partial charge >= 0.3 is 5.91 Å². The maximum atomic E-state index is 13.2. The molecule has 1 saturated heterocycles. The highest BCUT2D eigenvalue weighted by atomic mass is 32.1. The van der Waals surface area contributed by atoms with E-state index >= 15 is 0 Å². The Labute approximate surface area is 189 Å². The number of hydrogen-bond donors (Lipinski definition) is 1. The third kappa shape index (κ3) is 3.27. The maximum Gasteiger partial charge on any atom is 0.301 e. The van der Waals surface area contributed by atoms with Gasteiger partial charge in [0.15, 0.2) is 0 Å². The highest BCUT2D eigenvalue weighted by Crippen LogP contribution is 2.43. The zero-order valence-electron chi connectivity index (χ0n) is 17.8. The first-order chi connectivity index (χ1) is 15.3. The zero-order valence-corrected chi connectivity index (χ0v) is 18.6. The van der Waals surface area contributed by atoms with E-state index in [1.54, 1.807) is 19.1 Å². The summed E-state index contributed by atoms with van der Waals surface area (Å²) in [5, 5.41) is 20.4. The number of carbonyl (C=O) groups is 2. The van der Waals surface area contributed by atoms with Gasteiger partial charge < -0.3 is 9.84 Å². The molecule has 2 atom stereocenters. The molecule has 8 heteroatoms. The average Bonchev–Trinajstić information content (AvgIpc) is 3.43. The second-order valence-electron chi connectivity index (χ2n) is 8.14. The molecule has 1 aromatic heterocycles. The first-order valence-corrected chi connectivity index (χ1v) is 11.1. The molecule has 162 valence electrons. The first-order valence-electron chi connectivity index (χ1n) is 10.3. The minimum Gasteiger partial charge on any atom is -0.507 e. The number of Topliss-reactive ketones (excluding diaryl/α,β-unsaturated/α-hetero) is 1. The minimum absolute atomic E-state index is 0.0404. The Hall–Kier alpha value is -3.52. The van der Waals surface area contributed by atoms with Crippen molar-refractivity contribution in [3.05, 3.63) is 75.3 Å². The van der Waals surface area contributed by atoms with Crippen LogP contribution in [0.15, 0.2) is 48.0 Å². The van der Waals surface area contributed by atoms with Gasteiger partial charge in [0.1, 0.15) is 22.6 Å². The molecule has 1 fully saturated rings. The van der Waals surface area contributed by atoms with E-state index in [4.69, 9.17) is 4.74 Å². The van der Waals surface area contributed by atoms with Gasteiger partial charge in [-0.1, -0.05) is 41.2 Å². The Morgan fingerprint density at radius 2 is 1.88 bits per heavy atom. The maximum absolute atomic E-state index is 13.2. The summed E-state index contributed by atoms with van der Waals surface area (Å²) in [5.74, 6) is -0.911. The van der Waals surface area contributed by atoms with Crippen molar-refractivity contribution >= 4 is 33.9 Å². The summed E-state index contributed by atoms with van der Waals surface area (Å²) >= 11 is 1.23. The number of aliphatic hydroxyl groups is 1. The molecular weight excluding hydrogens is 426 g/mol. The van der Waals surface area contributed by atoms with Crippen LogP contribution in [0.5, 0.6) is 5.75 Å². The van der Waals surface area contributed by atoms with E-state index in [9.17, 15) is 14.7 Å². The normalized spacial score (nSPS) is 21.7. The molecule has 3 aromatic rings. The van der Waals surface area contributed by atoms with Gasteiger partial charge in [-0.2, -0.15) is 0 Å². The number of aliphatic hydroxyl groups excluding tert-OH is 1. The molecule has 32 heavy (non-hydrogen) atoms. The molecule has 0 aliphatic carbocycles. The molecule has 3 heterocycles. The number of anilines is 1. The summed E-state index contributed by atoms with van der Waals surface area (Å²) < 4.78 is 5.74. The van der Waals surface area contributed by atoms with Gasteiger partial charge in [0, 0.05) is 12.0 Å². The number of ether oxygens (including phenoxy) is 1. The van der Waals surface area contributed by atoms with E-state index < -0.39 is 17.7 Å².